The van der Waals surface area contributed by atoms with Gasteiger partial charge in [-0.2, -0.15) is 9.78 Å². The van der Waals surface area contributed by atoms with Gasteiger partial charge in [-0.05, 0) is 43.9 Å². The van der Waals surface area contributed by atoms with Crippen molar-refractivity contribution in [1.82, 2.24) is 19.7 Å². The summed E-state index contributed by atoms with van der Waals surface area (Å²) < 4.78 is 6.90. The van der Waals surface area contributed by atoms with Crippen molar-refractivity contribution >= 4 is 11.7 Å². The van der Waals surface area contributed by atoms with Crippen LogP contribution in [0.4, 0.5) is 5.82 Å². The SMILES string of the molecule is Cc1cccc(CC(=O)Nc2cc(-c3ccco3)nn2-c2nc3c(c(=O)[nH]2)CCC3)c1. The van der Waals surface area contributed by atoms with Gasteiger partial charge < -0.3 is 9.73 Å². The first-order chi connectivity index (χ1) is 15.1. The van der Waals surface area contributed by atoms with E-state index in [1.165, 1.54) is 4.68 Å². The van der Waals surface area contributed by atoms with Crippen LogP contribution < -0.4 is 10.9 Å². The Morgan fingerprint density at radius 2 is 2.13 bits per heavy atom. The molecule has 0 aliphatic heterocycles. The van der Waals surface area contributed by atoms with E-state index in [-0.39, 0.29) is 23.8 Å². The molecule has 8 nitrogen and oxygen atoms in total. The van der Waals surface area contributed by atoms with Crippen LogP contribution in [0.15, 0.2) is 57.9 Å². The minimum Gasteiger partial charge on any atom is -0.463 e. The van der Waals surface area contributed by atoms with Crippen molar-refractivity contribution in [2.75, 3.05) is 5.32 Å². The number of hydrogen-bond donors (Lipinski definition) is 2. The van der Waals surface area contributed by atoms with Gasteiger partial charge in [0, 0.05) is 11.6 Å². The van der Waals surface area contributed by atoms with Crippen LogP contribution in [0.3, 0.4) is 0 Å². The van der Waals surface area contributed by atoms with E-state index in [2.05, 4.69) is 20.4 Å². The Bertz CT molecular complexity index is 1320. The maximum absolute atomic E-state index is 12.8. The first-order valence-corrected chi connectivity index (χ1v) is 10.2. The zero-order valence-corrected chi connectivity index (χ0v) is 17.0. The summed E-state index contributed by atoms with van der Waals surface area (Å²) >= 11 is 0. The molecule has 0 saturated heterocycles. The van der Waals surface area contributed by atoms with Crippen molar-refractivity contribution < 1.29 is 9.21 Å². The Labute approximate surface area is 178 Å². The number of anilines is 1. The van der Waals surface area contributed by atoms with Crippen molar-refractivity contribution in [3.8, 4) is 17.4 Å². The number of furan rings is 1. The lowest BCUT2D eigenvalue weighted by Gasteiger charge is -2.09. The fraction of sp³-hybridized carbons (Fsp3) is 0.217. The molecule has 0 fully saturated rings. The minimum atomic E-state index is -0.193. The topological polar surface area (TPSA) is 106 Å². The van der Waals surface area contributed by atoms with Gasteiger partial charge in [-0.3, -0.25) is 14.6 Å². The van der Waals surface area contributed by atoms with Crippen LogP contribution >= 0.6 is 0 Å². The summed E-state index contributed by atoms with van der Waals surface area (Å²) in [5.41, 5.74) is 3.89. The highest BCUT2D eigenvalue weighted by Crippen LogP contribution is 2.25. The number of rotatable bonds is 5. The molecule has 156 valence electrons. The zero-order valence-electron chi connectivity index (χ0n) is 17.0. The smallest absolute Gasteiger partial charge is 0.255 e. The van der Waals surface area contributed by atoms with Crippen LogP contribution in [-0.4, -0.2) is 25.7 Å². The van der Waals surface area contributed by atoms with E-state index >= 15 is 0 Å². The van der Waals surface area contributed by atoms with Gasteiger partial charge in [-0.15, -0.1) is 0 Å². The Morgan fingerprint density at radius 3 is 2.94 bits per heavy atom. The number of benzene rings is 1. The van der Waals surface area contributed by atoms with Gasteiger partial charge in [0.05, 0.1) is 18.4 Å². The number of aromatic nitrogens is 4. The number of nitrogens with zero attached hydrogens (tertiary/aromatic N) is 3. The molecule has 4 aromatic rings. The molecule has 0 atom stereocenters. The summed E-state index contributed by atoms with van der Waals surface area (Å²) in [5.74, 6) is 1.04. The maximum atomic E-state index is 12.8. The molecule has 1 aliphatic carbocycles. The van der Waals surface area contributed by atoms with E-state index in [1.807, 2.05) is 31.2 Å². The lowest BCUT2D eigenvalue weighted by molar-refractivity contribution is -0.115. The molecule has 31 heavy (non-hydrogen) atoms. The predicted octanol–water partition coefficient (Wildman–Crippen LogP) is 3.19. The lowest BCUT2D eigenvalue weighted by atomic mass is 10.1. The highest BCUT2D eigenvalue weighted by molar-refractivity contribution is 5.92. The Hall–Kier alpha value is -3.94. The number of carbonyl (C=O) groups excluding carboxylic acids is 1. The van der Waals surface area contributed by atoms with E-state index in [4.69, 9.17) is 4.42 Å². The second-order valence-corrected chi connectivity index (χ2v) is 7.69. The monoisotopic (exact) mass is 415 g/mol. The maximum Gasteiger partial charge on any atom is 0.255 e. The van der Waals surface area contributed by atoms with Crippen molar-refractivity contribution in [2.45, 2.75) is 32.6 Å². The molecule has 0 saturated carbocycles. The molecule has 2 N–H and O–H groups in total. The normalized spacial score (nSPS) is 12.7. The van der Waals surface area contributed by atoms with Crippen LogP contribution in [0, 0.1) is 6.92 Å². The average Bonchev–Trinajstić information content (AvgIpc) is 3.48. The van der Waals surface area contributed by atoms with Gasteiger partial charge in [-0.1, -0.05) is 29.8 Å². The quantitative estimate of drug-likeness (QED) is 0.521. The summed E-state index contributed by atoms with van der Waals surface area (Å²) in [6, 6.07) is 13.1. The van der Waals surface area contributed by atoms with E-state index < -0.39 is 0 Å². The third-order valence-corrected chi connectivity index (χ3v) is 5.33. The Morgan fingerprint density at radius 1 is 1.23 bits per heavy atom. The van der Waals surface area contributed by atoms with Gasteiger partial charge >= 0.3 is 0 Å². The molecule has 5 rings (SSSR count). The number of amides is 1. The van der Waals surface area contributed by atoms with E-state index in [9.17, 15) is 9.59 Å². The molecule has 3 heterocycles. The second kappa shape index (κ2) is 7.71. The number of fused-ring (bicyclic) bond motifs is 1. The lowest BCUT2D eigenvalue weighted by Crippen LogP contribution is -2.21. The van der Waals surface area contributed by atoms with Crippen molar-refractivity contribution in [2.24, 2.45) is 0 Å². The van der Waals surface area contributed by atoms with E-state index in [0.717, 1.165) is 41.6 Å². The Balaban J connectivity index is 1.51. The first-order valence-electron chi connectivity index (χ1n) is 10.2. The molecule has 0 unspecified atom stereocenters. The number of hydrogen-bond acceptors (Lipinski definition) is 5. The highest BCUT2D eigenvalue weighted by atomic mass is 16.3. The Kier molecular flexibility index (Phi) is 4.74. The van der Waals surface area contributed by atoms with Crippen molar-refractivity contribution in [3.05, 3.63) is 81.5 Å². The summed E-state index contributed by atoms with van der Waals surface area (Å²) in [6.45, 7) is 1.99. The van der Waals surface area contributed by atoms with Crippen LogP contribution in [0.1, 0.15) is 28.8 Å². The minimum absolute atomic E-state index is 0.162. The largest absolute Gasteiger partial charge is 0.463 e. The number of carbonyl (C=O) groups is 1. The van der Waals surface area contributed by atoms with Crippen LogP contribution in [-0.2, 0) is 24.1 Å². The van der Waals surface area contributed by atoms with Crippen LogP contribution in [0.5, 0.6) is 0 Å². The zero-order chi connectivity index (χ0) is 21.4. The molecule has 1 aromatic carbocycles. The van der Waals surface area contributed by atoms with E-state index in [1.54, 1.807) is 24.5 Å². The summed E-state index contributed by atoms with van der Waals surface area (Å²) in [4.78, 5) is 32.7. The van der Waals surface area contributed by atoms with Crippen LogP contribution in [0.2, 0.25) is 0 Å². The average molecular weight is 415 g/mol. The van der Waals surface area contributed by atoms with E-state index in [0.29, 0.717) is 17.3 Å². The third kappa shape index (κ3) is 3.79. The molecule has 3 aromatic heterocycles. The van der Waals surface area contributed by atoms with Crippen LogP contribution in [0.25, 0.3) is 17.4 Å². The van der Waals surface area contributed by atoms with Crippen molar-refractivity contribution in [3.63, 3.8) is 0 Å². The number of H-pyrrole nitrogens is 1. The molecule has 0 bridgehead atoms. The van der Waals surface area contributed by atoms with Crippen molar-refractivity contribution in [1.29, 1.82) is 0 Å². The number of nitrogens with one attached hydrogen (secondary N) is 2. The predicted molar refractivity (Wildman–Crippen MR) is 115 cm³/mol. The number of aryl methyl sites for hydroxylation is 2. The molecular formula is C23H21N5O3. The number of aromatic amines is 1. The van der Waals surface area contributed by atoms with Gasteiger partial charge in [0.1, 0.15) is 11.5 Å². The van der Waals surface area contributed by atoms with Gasteiger partial charge in [0.25, 0.3) is 5.56 Å². The summed E-state index contributed by atoms with van der Waals surface area (Å²) in [5, 5.41) is 7.44. The molecule has 1 aliphatic rings. The fourth-order valence-electron chi connectivity index (χ4n) is 3.90. The summed E-state index contributed by atoms with van der Waals surface area (Å²) in [7, 11) is 0. The molecule has 8 heteroatoms. The third-order valence-electron chi connectivity index (χ3n) is 5.33. The first kappa shape index (κ1) is 19.0. The molecular weight excluding hydrogens is 394 g/mol. The second-order valence-electron chi connectivity index (χ2n) is 7.69. The van der Waals surface area contributed by atoms with Gasteiger partial charge in [-0.25, -0.2) is 4.98 Å². The molecule has 0 radical (unpaired) electrons. The fourth-order valence-corrected chi connectivity index (χ4v) is 3.90. The standard InChI is InChI=1S/C23H21N5O3/c1-14-5-2-6-15(11-14)12-21(29)25-20-13-18(19-9-4-10-31-19)27-28(20)23-24-17-8-3-7-16(17)22(30)26-23/h2,4-6,9-11,13H,3,7-8,12H2,1H3,(H,25,29)(H,24,26,30). The van der Waals surface area contributed by atoms with Gasteiger partial charge in [0.15, 0.2) is 5.76 Å². The molecule has 0 spiro atoms. The highest BCUT2D eigenvalue weighted by Gasteiger charge is 2.21. The summed E-state index contributed by atoms with van der Waals surface area (Å²) in [6.07, 6.45) is 4.17. The van der Waals surface area contributed by atoms with Gasteiger partial charge in [0.2, 0.25) is 11.9 Å². The molecule has 1 amide bonds.